The number of halogens is 1. The second kappa shape index (κ2) is 8.59. The highest BCUT2D eigenvalue weighted by atomic mass is 79.9. The van der Waals surface area contributed by atoms with Crippen molar-refractivity contribution in [2.45, 2.75) is 6.42 Å². The third kappa shape index (κ3) is 5.96. The molecular weight excluding hydrogens is 358 g/mol. The van der Waals surface area contributed by atoms with E-state index in [0.29, 0.717) is 18.1 Å². The van der Waals surface area contributed by atoms with Gasteiger partial charge in [0.05, 0.1) is 0 Å². The van der Waals surface area contributed by atoms with Crippen molar-refractivity contribution in [3.8, 4) is 0 Å². The molecule has 0 atom stereocenters. The first-order valence-electron chi connectivity index (χ1n) is 7.34. The molecule has 0 unspecified atom stereocenters. The minimum absolute atomic E-state index is 0.203. The Balaban J connectivity index is 1.87. The first-order chi connectivity index (χ1) is 11.0. The SMILES string of the molecule is CN(C)CCCNC(=O)c1ccc(Nc2cccc(Br)c2)nn1. The average molecular weight is 378 g/mol. The van der Waals surface area contributed by atoms with Gasteiger partial charge in [0.15, 0.2) is 11.5 Å². The standard InChI is InChI=1S/C16H20BrN5O/c1-22(2)10-4-9-18-16(23)14-7-8-15(21-20-14)19-13-6-3-5-12(17)11-13/h3,5-8,11H,4,9-10H2,1-2H3,(H,18,23)(H,19,21). The number of nitrogens with one attached hydrogen (secondary N) is 2. The fourth-order valence-corrected chi connectivity index (χ4v) is 2.32. The maximum Gasteiger partial charge on any atom is 0.271 e. The molecule has 2 rings (SSSR count). The predicted octanol–water partition coefficient (Wildman–Crippen LogP) is 2.66. The Hall–Kier alpha value is -1.99. The summed E-state index contributed by atoms with van der Waals surface area (Å²) in [5, 5.41) is 14.0. The number of rotatable bonds is 7. The molecule has 0 fully saturated rings. The van der Waals surface area contributed by atoms with Crippen LogP contribution in [0.3, 0.4) is 0 Å². The zero-order valence-corrected chi connectivity index (χ0v) is 14.8. The van der Waals surface area contributed by atoms with Crippen LogP contribution >= 0.6 is 15.9 Å². The number of carbonyl (C=O) groups excluding carboxylic acids is 1. The van der Waals surface area contributed by atoms with Crippen LogP contribution in [0.5, 0.6) is 0 Å². The van der Waals surface area contributed by atoms with Gasteiger partial charge in [0.2, 0.25) is 0 Å². The molecule has 0 bridgehead atoms. The number of anilines is 2. The molecule has 0 aliphatic rings. The summed E-state index contributed by atoms with van der Waals surface area (Å²) in [4.78, 5) is 14.0. The van der Waals surface area contributed by atoms with Crippen LogP contribution in [0.4, 0.5) is 11.5 Å². The first-order valence-corrected chi connectivity index (χ1v) is 8.13. The van der Waals surface area contributed by atoms with Gasteiger partial charge < -0.3 is 15.5 Å². The third-order valence-electron chi connectivity index (χ3n) is 3.06. The molecule has 0 radical (unpaired) electrons. The number of hydrogen-bond donors (Lipinski definition) is 2. The molecule has 2 N–H and O–H groups in total. The van der Waals surface area contributed by atoms with Gasteiger partial charge in [0, 0.05) is 16.7 Å². The molecule has 1 amide bonds. The predicted molar refractivity (Wildman–Crippen MR) is 95.0 cm³/mol. The number of benzene rings is 1. The van der Waals surface area contributed by atoms with Crippen LogP contribution < -0.4 is 10.6 Å². The van der Waals surface area contributed by atoms with Gasteiger partial charge in [-0.1, -0.05) is 22.0 Å². The van der Waals surface area contributed by atoms with E-state index in [-0.39, 0.29) is 5.91 Å². The fourth-order valence-electron chi connectivity index (χ4n) is 1.92. The van der Waals surface area contributed by atoms with E-state index in [0.717, 1.165) is 23.1 Å². The smallest absolute Gasteiger partial charge is 0.271 e. The molecule has 0 spiro atoms. The largest absolute Gasteiger partial charge is 0.351 e. The van der Waals surface area contributed by atoms with Gasteiger partial charge in [-0.25, -0.2) is 0 Å². The zero-order chi connectivity index (χ0) is 16.7. The molecule has 0 saturated heterocycles. The summed E-state index contributed by atoms with van der Waals surface area (Å²) in [5.74, 6) is 0.387. The Morgan fingerprint density at radius 2 is 2.04 bits per heavy atom. The number of aromatic nitrogens is 2. The van der Waals surface area contributed by atoms with E-state index < -0.39 is 0 Å². The van der Waals surface area contributed by atoms with Gasteiger partial charge >= 0.3 is 0 Å². The van der Waals surface area contributed by atoms with Crippen molar-refractivity contribution in [2.75, 3.05) is 32.5 Å². The number of carbonyl (C=O) groups is 1. The summed E-state index contributed by atoms with van der Waals surface area (Å²) in [7, 11) is 4.01. The van der Waals surface area contributed by atoms with E-state index in [1.165, 1.54) is 0 Å². The minimum atomic E-state index is -0.203. The highest BCUT2D eigenvalue weighted by Crippen LogP contribution is 2.18. The van der Waals surface area contributed by atoms with E-state index in [1.54, 1.807) is 12.1 Å². The molecule has 1 aromatic carbocycles. The Morgan fingerprint density at radius 1 is 1.22 bits per heavy atom. The van der Waals surface area contributed by atoms with E-state index in [4.69, 9.17) is 0 Å². The van der Waals surface area contributed by atoms with E-state index in [9.17, 15) is 4.79 Å². The summed E-state index contributed by atoms with van der Waals surface area (Å²) < 4.78 is 0.976. The molecule has 122 valence electrons. The molecule has 7 heteroatoms. The van der Waals surface area contributed by atoms with Gasteiger partial charge in [0.25, 0.3) is 5.91 Å². The minimum Gasteiger partial charge on any atom is -0.351 e. The highest BCUT2D eigenvalue weighted by molar-refractivity contribution is 9.10. The van der Waals surface area contributed by atoms with Crippen LogP contribution in [0.15, 0.2) is 40.9 Å². The van der Waals surface area contributed by atoms with Gasteiger partial charge in [0.1, 0.15) is 0 Å². The quantitative estimate of drug-likeness (QED) is 0.725. The molecule has 23 heavy (non-hydrogen) atoms. The van der Waals surface area contributed by atoms with Crippen molar-refractivity contribution in [3.63, 3.8) is 0 Å². The van der Waals surface area contributed by atoms with Gasteiger partial charge in [-0.15, -0.1) is 10.2 Å². The maximum atomic E-state index is 11.9. The third-order valence-corrected chi connectivity index (χ3v) is 3.56. The summed E-state index contributed by atoms with van der Waals surface area (Å²) in [6.07, 6.45) is 0.898. The van der Waals surface area contributed by atoms with Crippen LogP contribution in [0.25, 0.3) is 0 Å². The molecule has 1 aromatic heterocycles. The van der Waals surface area contributed by atoms with Crippen molar-refractivity contribution in [3.05, 3.63) is 46.6 Å². The lowest BCUT2D eigenvalue weighted by Crippen LogP contribution is -2.28. The summed E-state index contributed by atoms with van der Waals surface area (Å²) in [6, 6.07) is 11.1. The Labute approximate surface area is 144 Å². The molecule has 0 aliphatic carbocycles. The lowest BCUT2D eigenvalue weighted by Gasteiger charge is -2.09. The highest BCUT2D eigenvalue weighted by Gasteiger charge is 2.07. The number of amides is 1. The first kappa shape index (κ1) is 17.4. The van der Waals surface area contributed by atoms with Gasteiger partial charge in [-0.2, -0.15) is 0 Å². The maximum absolute atomic E-state index is 11.9. The van der Waals surface area contributed by atoms with Crippen LogP contribution in [0.2, 0.25) is 0 Å². The average Bonchev–Trinajstić information content (AvgIpc) is 2.52. The summed E-state index contributed by atoms with van der Waals surface area (Å²) in [5.41, 5.74) is 1.21. The van der Waals surface area contributed by atoms with Crippen molar-refractivity contribution in [1.29, 1.82) is 0 Å². The monoisotopic (exact) mass is 377 g/mol. The summed E-state index contributed by atoms with van der Waals surface area (Å²) in [6.45, 7) is 1.55. The van der Waals surface area contributed by atoms with Crippen LogP contribution in [0.1, 0.15) is 16.9 Å². The second-order valence-electron chi connectivity index (χ2n) is 5.35. The van der Waals surface area contributed by atoms with Crippen LogP contribution in [0, 0.1) is 0 Å². The van der Waals surface area contributed by atoms with E-state index in [2.05, 4.69) is 41.7 Å². The van der Waals surface area contributed by atoms with E-state index in [1.807, 2.05) is 38.4 Å². The molecule has 2 aromatic rings. The number of nitrogens with zero attached hydrogens (tertiary/aromatic N) is 3. The Bertz CT molecular complexity index is 645. The fraction of sp³-hybridized carbons (Fsp3) is 0.312. The number of hydrogen-bond acceptors (Lipinski definition) is 5. The normalized spacial score (nSPS) is 10.6. The van der Waals surface area contributed by atoms with Crippen molar-refractivity contribution in [2.24, 2.45) is 0 Å². The lowest BCUT2D eigenvalue weighted by atomic mass is 10.3. The Morgan fingerprint density at radius 3 is 2.70 bits per heavy atom. The Kier molecular flexibility index (Phi) is 6.49. The lowest BCUT2D eigenvalue weighted by molar-refractivity contribution is 0.0946. The van der Waals surface area contributed by atoms with Crippen LogP contribution in [-0.2, 0) is 0 Å². The van der Waals surface area contributed by atoms with Crippen LogP contribution in [-0.4, -0.2) is 48.2 Å². The molecule has 1 heterocycles. The van der Waals surface area contributed by atoms with Gasteiger partial charge in [-0.05, 0) is 57.4 Å². The second-order valence-corrected chi connectivity index (χ2v) is 6.27. The molecular formula is C16H20BrN5O. The molecule has 0 aliphatic heterocycles. The van der Waals surface area contributed by atoms with E-state index >= 15 is 0 Å². The molecule has 6 nitrogen and oxygen atoms in total. The van der Waals surface area contributed by atoms with Crippen molar-refractivity contribution in [1.82, 2.24) is 20.4 Å². The zero-order valence-electron chi connectivity index (χ0n) is 13.2. The topological polar surface area (TPSA) is 70.2 Å². The van der Waals surface area contributed by atoms with Crippen molar-refractivity contribution >= 4 is 33.3 Å². The van der Waals surface area contributed by atoms with Crippen molar-refractivity contribution < 1.29 is 4.79 Å². The van der Waals surface area contributed by atoms with Gasteiger partial charge in [-0.3, -0.25) is 4.79 Å². The molecule has 0 saturated carbocycles. The summed E-state index contributed by atoms with van der Waals surface area (Å²) >= 11 is 3.41.